The van der Waals surface area contributed by atoms with Crippen LogP contribution in [0.5, 0.6) is 0 Å². The zero-order valence-electron chi connectivity index (χ0n) is 10.3. The molecule has 1 aromatic carbocycles. The maximum Gasteiger partial charge on any atom is 0.335 e. The fourth-order valence-corrected chi connectivity index (χ4v) is 3.60. The average molecular weight is 287 g/mol. The summed E-state index contributed by atoms with van der Waals surface area (Å²) in [5, 5.41) is 8.82. The fourth-order valence-electron chi connectivity index (χ4n) is 2.03. The fraction of sp³-hybridized carbons (Fsp3) is 0.417. The van der Waals surface area contributed by atoms with Crippen LogP contribution in [0.15, 0.2) is 23.1 Å². The van der Waals surface area contributed by atoms with E-state index in [2.05, 4.69) is 4.72 Å². The molecule has 1 aliphatic rings. The van der Waals surface area contributed by atoms with Crippen LogP contribution in [0.3, 0.4) is 0 Å². The summed E-state index contributed by atoms with van der Waals surface area (Å²) in [5.41, 5.74) is -0.828. The van der Waals surface area contributed by atoms with Gasteiger partial charge in [-0.1, -0.05) is 0 Å². The lowest BCUT2D eigenvalue weighted by Gasteiger charge is -2.38. The minimum absolute atomic E-state index is 0.263. The van der Waals surface area contributed by atoms with Gasteiger partial charge in [0.25, 0.3) is 0 Å². The Balaban J connectivity index is 2.39. The Morgan fingerprint density at radius 3 is 2.53 bits per heavy atom. The van der Waals surface area contributed by atoms with Gasteiger partial charge in [0.2, 0.25) is 10.0 Å². The number of carboxylic acids is 1. The van der Waals surface area contributed by atoms with Crippen molar-refractivity contribution in [3.8, 4) is 0 Å². The SMILES string of the molecule is CC1(NS(=O)(=O)c2cc(C(=O)O)ccc2F)CCC1. The molecule has 19 heavy (non-hydrogen) atoms. The second-order valence-corrected chi connectivity index (χ2v) is 6.62. The van der Waals surface area contributed by atoms with E-state index in [4.69, 9.17) is 5.11 Å². The highest BCUT2D eigenvalue weighted by molar-refractivity contribution is 7.89. The number of carboxylic acid groups (broad SMARTS) is 1. The van der Waals surface area contributed by atoms with Gasteiger partial charge in [-0.15, -0.1) is 0 Å². The van der Waals surface area contributed by atoms with Crippen molar-refractivity contribution in [3.63, 3.8) is 0 Å². The highest BCUT2D eigenvalue weighted by atomic mass is 32.2. The van der Waals surface area contributed by atoms with Crippen molar-refractivity contribution in [1.82, 2.24) is 4.72 Å². The molecule has 0 amide bonds. The number of hydrogen-bond acceptors (Lipinski definition) is 3. The lowest BCUT2D eigenvalue weighted by atomic mass is 9.80. The topological polar surface area (TPSA) is 83.5 Å². The van der Waals surface area contributed by atoms with E-state index >= 15 is 0 Å². The summed E-state index contributed by atoms with van der Waals surface area (Å²) in [5.74, 6) is -2.26. The normalized spacial score (nSPS) is 17.8. The number of aromatic carboxylic acids is 1. The van der Waals surface area contributed by atoms with E-state index < -0.39 is 32.2 Å². The summed E-state index contributed by atoms with van der Waals surface area (Å²) in [7, 11) is -4.05. The second kappa shape index (κ2) is 4.57. The van der Waals surface area contributed by atoms with Crippen molar-refractivity contribution < 1.29 is 22.7 Å². The summed E-state index contributed by atoms with van der Waals surface area (Å²) in [4.78, 5) is 10.2. The number of nitrogens with one attached hydrogen (secondary N) is 1. The van der Waals surface area contributed by atoms with Crippen molar-refractivity contribution in [2.45, 2.75) is 36.6 Å². The first kappa shape index (κ1) is 14.0. The Morgan fingerprint density at radius 2 is 2.05 bits per heavy atom. The Morgan fingerprint density at radius 1 is 1.42 bits per heavy atom. The number of hydrogen-bond donors (Lipinski definition) is 2. The van der Waals surface area contributed by atoms with E-state index in [0.717, 1.165) is 24.6 Å². The number of benzene rings is 1. The average Bonchev–Trinajstić information content (AvgIpc) is 2.26. The maximum absolute atomic E-state index is 13.6. The zero-order valence-corrected chi connectivity index (χ0v) is 11.1. The van der Waals surface area contributed by atoms with Crippen LogP contribution >= 0.6 is 0 Å². The minimum atomic E-state index is -4.05. The molecule has 0 aliphatic heterocycles. The minimum Gasteiger partial charge on any atom is -0.478 e. The zero-order chi connectivity index (χ0) is 14.3. The predicted molar refractivity (Wildman–Crippen MR) is 65.9 cm³/mol. The molecule has 0 aromatic heterocycles. The molecule has 0 saturated heterocycles. The third kappa shape index (κ3) is 2.76. The number of carbonyl (C=O) groups is 1. The van der Waals surface area contributed by atoms with Gasteiger partial charge in [0.1, 0.15) is 10.7 Å². The maximum atomic E-state index is 13.6. The van der Waals surface area contributed by atoms with Gasteiger partial charge < -0.3 is 5.11 Å². The van der Waals surface area contributed by atoms with E-state index in [1.807, 2.05) is 0 Å². The molecule has 2 N–H and O–H groups in total. The molecule has 1 aliphatic carbocycles. The molecule has 0 radical (unpaired) electrons. The highest BCUT2D eigenvalue weighted by Crippen LogP contribution is 2.33. The van der Waals surface area contributed by atoms with Crippen LogP contribution in [0, 0.1) is 5.82 Å². The van der Waals surface area contributed by atoms with Crippen LogP contribution in [0.2, 0.25) is 0 Å². The Hall–Kier alpha value is -1.47. The molecule has 0 unspecified atom stereocenters. The number of sulfonamides is 1. The summed E-state index contributed by atoms with van der Waals surface area (Å²) in [6, 6.07) is 2.71. The van der Waals surface area contributed by atoms with Gasteiger partial charge in [0.05, 0.1) is 5.56 Å². The molecule has 104 valence electrons. The first-order valence-corrected chi connectivity index (χ1v) is 7.29. The molecule has 0 bridgehead atoms. The summed E-state index contributed by atoms with van der Waals surface area (Å²) >= 11 is 0. The largest absolute Gasteiger partial charge is 0.478 e. The quantitative estimate of drug-likeness (QED) is 0.883. The molecule has 2 rings (SSSR count). The summed E-state index contributed by atoms with van der Waals surface area (Å²) in [6.45, 7) is 1.74. The molecular weight excluding hydrogens is 273 g/mol. The smallest absolute Gasteiger partial charge is 0.335 e. The predicted octanol–water partition coefficient (Wildman–Crippen LogP) is 1.74. The Kier molecular flexibility index (Phi) is 3.36. The summed E-state index contributed by atoms with van der Waals surface area (Å²) in [6.07, 6.45) is 2.29. The van der Waals surface area contributed by atoms with Crippen molar-refractivity contribution in [3.05, 3.63) is 29.6 Å². The third-order valence-corrected chi connectivity index (χ3v) is 4.96. The van der Waals surface area contributed by atoms with Crippen molar-refractivity contribution in [2.75, 3.05) is 0 Å². The van der Waals surface area contributed by atoms with Gasteiger partial charge in [-0.05, 0) is 44.4 Å². The van der Waals surface area contributed by atoms with Gasteiger partial charge in [-0.3, -0.25) is 0 Å². The highest BCUT2D eigenvalue weighted by Gasteiger charge is 2.37. The lowest BCUT2D eigenvalue weighted by Crippen LogP contribution is -2.50. The summed E-state index contributed by atoms with van der Waals surface area (Å²) < 4.78 is 40.2. The van der Waals surface area contributed by atoms with Crippen molar-refractivity contribution in [1.29, 1.82) is 0 Å². The third-order valence-electron chi connectivity index (χ3n) is 3.31. The van der Waals surface area contributed by atoms with Crippen LogP contribution in [-0.2, 0) is 10.0 Å². The van der Waals surface area contributed by atoms with Gasteiger partial charge in [-0.25, -0.2) is 22.3 Å². The number of rotatable bonds is 4. The molecule has 0 atom stereocenters. The molecule has 1 saturated carbocycles. The molecule has 1 fully saturated rings. The van der Waals surface area contributed by atoms with Crippen LogP contribution in [0.25, 0.3) is 0 Å². The van der Waals surface area contributed by atoms with Crippen LogP contribution in [-0.4, -0.2) is 25.0 Å². The molecular formula is C12H14FNO4S. The van der Waals surface area contributed by atoms with Gasteiger partial charge in [-0.2, -0.15) is 0 Å². The van der Waals surface area contributed by atoms with E-state index in [-0.39, 0.29) is 5.56 Å². The van der Waals surface area contributed by atoms with Crippen LogP contribution in [0.1, 0.15) is 36.5 Å². The van der Waals surface area contributed by atoms with E-state index in [1.165, 1.54) is 0 Å². The second-order valence-electron chi connectivity index (χ2n) is 4.97. The molecule has 5 nitrogen and oxygen atoms in total. The van der Waals surface area contributed by atoms with Crippen molar-refractivity contribution in [2.24, 2.45) is 0 Å². The Labute approximate surface area is 110 Å². The molecule has 0 heterocycles. The van der Waals surface area contributed by atoms with Crippen molar-refractivity contribution >= 4 is 16.0 Å². The lowest BCUT2D eigenvalue weighted by molar-refractivity contribution is 0.0696. The monoisotopic (exact) mass is 287 g/mol. The Bertz CT molecular complexity index is 623. The van der Waals surface area contributed by atoms with E-state index in [1.54, 1.807) is 6.92 Å². The molecule has 0 spiro atoms. The van der Waals surface area contributed by atoms with Crippen LogP contribution < -0.4 is 4.72 Å². The van der Waals surface area contributed by atoms with Gasteiger partial charge >= 0.3 is 5.97 Å². The molecule has 1 aromatic rings. The van der Waals surface area contributed by atoms with Crippen LogP contribution in [0.4, 0.5) is 4.39 Å². The first-order valence-electron chi connectivity index (χ1n) is 5.80. The van der Waals surface area contributed by atoms with E-state index in [0.29, 0.717) is 12.8 Å². The van der Waals surface area contributed by atoms with Gasteiger partial charge in [0.15, 0.2) is 0 Å². The number of halogens is 1. The first-order chi connectivity index (χ1) is 8.73. The van der Waals surface area contributed by atoms with Gasteiger partial charge in [0, 0.05) is 5.54 Å². The standard InChI is InChI=1S/C12H14FNO4S/c1-12(5-2-6-12)14-19(17,18)10-7-8(11(15)16)3-4-9(10)13/h3-4,7,14H,2,5-6H2,1H3,(H,15,16). The van der Waals surface area contributed by atoms with E-state index in [9.17, 15) is 17.6 Å². The molecule has 7 heteroatoms.